The normalized spacial score (nSPS) is 10.4. The summed E-state index contributed by atoms with van der Waals surface area (Å²) in [6, 6.07) is 12.2. The van der Waals surface area contributed by atoms with Crippen LogP contribution in [0, 0.1) is 0 Å². The van der Waals surface area contributed by atoms with Crippen molar-refractivity contribution in [3.05, 3.63) is 48.5 Å². The van der Waals surface area contributed by atoms with Crippen LogP contribution in [-0.2, 0) is 18.2 Å². The van der Waals surface area contributed by atoms with Crippen LogP contribution in [0.25, 0.3) is 0 Å². The molecular weight excluding hydrogens is 434 g/mol. The second kappa shape index (κ2) is 14.5. The molecule has 0 radical (unpaired) electrons. The summed E-state index contributed by atoms with van der Waals surface area (Å²) in [7, 11) is -3.65. The number of rotatable bonds is 10. The van der Waals surface area contributed by atoms with Crippen LogP contribution in [0.2, 0.25) is 0 Å². The Balaban J connectivity index is 0.00000338. The molecule has 8 nitrogen and oxygen atoms in total. The van der Waals surface area contributed by atoms with Crippen molar-refractivity contribution < 1.29 is 85.0 Å². The standard InChI is InChI=1S/C14H16N2O6S3.2Na/c17-23-21-9-15-11-1-5-13(6-2-11)25(19,20)14-7-3-12(4-8-14)16-10-22-24-18;;/h1-8,15-18H,9-10H2;;/q;2*+1/p-2. The largest absolute Gasteiger partial charge is 1.00 e. The van der Waals surface area contributed by atoms with E-state index >= 15 is 0 Å². The van der Waals surface area contributed by atoms with Crippen LogP contribution in [0.15, 0.2) is 58.3 Å². The van der Waals surface area contributed by atoms with Gasteiger partial charge in [-0.2, -0.15) is 0 Å². The summed E-state index contributed by atoms with van der Waals surface area (Å²) < 4.78 is 54.5. The first-order valence-electron chi connectivity index (χ1n) is 6.84. The van der Waals surface area contributed by atoms with Crippen LogP contribution in [-0.4, -0.2) is 31.0 Å². The summed E-state index contributed by atoms with van der Waals surface area (Å²) in [6.07, 6.45) is 0. The van der Waals surface area contributed by atoms with E-state index in [0.29, 0.717) is 11.4 Å². The molecule has 136 valence electrons. The zero-order valence-electron chi connectivity index (χ0n) is 14.7. The maximum absolute atomic E-state index is 12.6. The van der Waals surface area contributed by atoms with E-state index in [1.54, 1.807) is 24.3 Å². The van der Waals surface area contributed by atoms with Gasteiger partial charge in [-0.05, 0) is 48.5 Å². The third kappa shape index (κ3) is 8.83. The van der Waals surface area contributed by atoms with E-state index < -0.39 is 9.84 Å². The smallest absolute Gasteiger partial charge is 0.776 e. The molecule has 0 aliphatic rings. The molecule has 0 aliphatic carbocycles. The van der Waals surface area contributed by atoms with Gasteiger partial charge in [0.1, 0.15) is 13.5 Å². The van der Waals surface area contributed by atoms with E-state index in [1.165, 1.54) is 24.3 Å². The van der Waals surface area contributed by atoms with Crippen LogP contribution in [0.5, 0.6) is 0 Å². The Hall–Kier alpha value is 0.530. The molecule has 2 N–H and O–H groups in total. The minimum absolute atomic E-state index is 0. The maximum Gasteiger partial charge on any atom is 1.00 e. The van der Waals surface area contributed by atoms with E-state index in [0.717, 1.165) is 0 Å². The van der Waals surface area contributed by atoms with Gasteiger partial charge in [0, 0.05) is 11.4 Å². The predicted octanol–water partition coefficient (Wildman–Crippen LogP) is -3.14. The maximum atomic E-state index is 12.6. The fourth-order valence-corrected chi connectivity index (χ4v) is 3.39. The minimum atomic E-state index is -3.65. The van der Waals surface area contributed by atoms with Gasteiger partial charge in [-0.3, -0.25) is 0 Å². The van der Waals surface area contributed by atoms with E-state index in [-0.39, 0.29) is 107 Å². The molecule has 0 heterocycles. The quantitative estimate of drug-likeness (QED) is 0.167. The number of hydrogen-bond acceptors (Lipinski definition) is 10. The van der Waals surface area contributed by atoms with Crippen molar-refractivity contribution in [1.82, 2.24) is 0 Å². The first-order valence-corrected chi connectivity index (χ1v) is 9.65. The van der Waals surface area contributed by atoms with Crippen LogP contribution >= 0.6 is 24.6 Å². The van der Waals surface area contributed by atoms with Crippen molar-refractivity contribution in [2.24, 2.45) is 0 Å². The molecule has 0 saturated heterocycles. The van der Waals surface area contributed by atoms with Crippen molar-refractivity contribution in [3.63, 3.8) is 0 Å². The molecule has 2 rings (SSSR count). The molecule has 27 heavy (non-hydrogen) atoms. The molecule has 0 bridgehead atoms. The summed E-state index contributed by atoms with van der Waals surface area (Å²) in [5.74, 6) is 0. The Kier molecular flexibility index (Phi) is 14.8. The van der Waals surface area contributed by atoms with Gasteiger partial charge in [0.15, 0.2) is 0 Å². The van der Waals surface area contributed by atoms with Crippen molar-refractivity contribution in [3.8, 4) is 0 Å². The molecule has 0 aromatic heterocycles. The molecule has 13 heteroatoms. The fourth-order valence-electron chi connectivity index (χ4n) is 1.91. The fraction of sp³-hybridized carbons (Fsp3) is 0.143. The molecule has 0 spiro atoms. The van der Waals surface area contributed by atoms with Gasteiger partial charge in [0.05, 0.1) is 9.79 Å². The van der Waals surface area contributed by atoms with E-state index in [9.17, 15) is 17.5 Å². The number of nitrogens with one attached hydrogen (secondary N) is 2. The molecule has 0 saturated carbocycles. The summed E-state index contributed by atoms with van der Waals surface area (Å²) in [5, 5.41) is 5.63. The second-order valence-corrected chi connectivity index (χ2v) is 7.26. The Morgan fingerprint density at radius 1 is 0.741 bits per heavy atom. The summed E-state index contributed by atoms with van der Waals surface area (Å²) in [5.41, 5.74) is 1.26. The molecule has 2 aromatic rings. The first kappa shape index (κ1) is 27.5. The molecule has 0 unspecified atom stereocenters. The van der Waals surface area contributed by atoms with Crippen LogP contribution in [0.4, 0.5) is 11.4 Å². The third-order valence-corrected chi connectivity index (χ3v) is 5.31. The average molecular weight is 448 g/mol. The number of sulfone groups is 1. The topological polar surface area (TPSA) is 123 Å². The molecule has 0 atom stereocenters. The summed E-state index contributed by atoms with van der Waals surface area (Å²) in [4.78, 5) is 0.285. The third-order valence-electron chi connectivity index (χ3n) is 3.10. The molecule has 0 aliphatic heterocycles. The number of benzene rings is 2. The SMILES string of the molecule is O=S(=O)(c1ccc(NCOS[O-])cc1)c1ccc(NCOS[O-])cc1.[Na+].[Na+]. The number of hydrogen-bond donors (Lipinski definition) is 2. The van der Waals surface area contributed by atoms with E-state index in [1.807, 2.05) is 0 Å². The summed E-state index contributed by atoms with van der Waals surface area (Å²) >= 11 is -0.0105. The van der Waals surface area contributed by atoms with Gasteiger partial charge in [-0.15, -0.1) is 0 Å². The predicted molar refractivity (Wildman–Crippen MR) is 94.2 cm³/mol. The van der Waals surface area contributed by atoms with Crippen molar-refractivity contribution in [1.29, 1.82) is 0 Å². The first-order chi connectivity index (χ1) is 12.1. The molecular formula is C14H14N2Na2O6S3. The van der Waals surface area contributed by atoms with Gasteiger partial charge < -0.3 is 28.1 Å². The van der Waals surface area contributed by atoms with Crippen molar-refractivity contribution in [2.45, 2.75) is 9.79 Å². The van der Waals surface area contributed by atoms with Gasteiger partial charge >= 0.3 is 59.1 Å². The van der Waals surface area contributed by atoms with Gasteiger partial charge in [0.2, 0.25) is 9.84 Å². The average Bonchev–Trinajstić information content (AvgIpc) is 2.63. The number of anilines is 2. The molecule has 2 aromatic carbocycles. The van der Waals surface area contributed by atoms with Crippen LogP contribution < -0.4 is 69.7 Å². The van der Waals surface area contributed by atoms with Gasteiger partial charge in [-0.25, -0.2) is 8.42 Å². The van der Waals surface area contributed by atoms with Crippen molar-refractivity contribution >= 4 is 45.9 Å². The summed E-state index contributed by atoms with van der Waals surface area (Å²) in [6.45, 7) is 0.0343. The Morgan fingerprint density at radius 2 is 1.07 bits per heavy atom. The Labute approximate surface area is 211 Å². The van der Waals surface area contributed by atoms with Crippen LogP contribution in [0.3, 0.4) is 0 Å². The molecule has 0 fully saturated rings. The monoisotopic (exact) mass is 448 g/mol. The zero-order chi connectivity index (χ0) is 18.1. The van der Waals surface area contributed by atoms with E-state index in [2.05, 4.69) is 19.0 Å². The van der Waals surface area contributed by atoms with Gasteiger partial charge in [-0.1, -0.05) is 24.6 Å². The van der Waals surface area contributed by atoms with Crippen LogP contribution in [0.1, 0.15) is 0 Å². The molecule has 0 amide bonds. The Bertz CT molecular complexity index is 704. The second-order valence-electron chi connectivity index (χ2n) is 4.57. The zero-order valence-corrected chi connectivity index (χ0v) is 21.2. The van der Waals surface area contributed by atoms with Gasteiger partial charge in [0.25, 0.3) is 0 Å². The van der Waals surface area contributed by atoms with Crippen molar-refractivity contribution in [2.75, 3.05) is 24.1 Å². The minimum Gasteiger partial charge on any atom is -0.776 e. The van der Waals surface area contributed by atoms with E-state index in [4.69, 9.17) is 0 Å². The Morgan fingerprint density at radius 3 is 1.37 bits per heavy atom.